The lowest BCUT2D eigenvalue weighted by molar-refractivity contribution is -0.137. The maximum Gasteiger partial charge on any atom is 0.416 e. The second-order valence-corrected chi connectivity index (χ2v) is 7.04. The third-order valence-corrected chi connectivity index (χ3v) is 4.93. The van der Waals surface area contributed by atoms with Gasteiger partial charge in [-0.25, -0.2) is 19.6 Å². The van der Waals surface area contributed by atoms with E-state index in [-0.39, 0.29) is 16.3 Å². The molecule has 0 spiro atoms. The molecule has 0 saturated carbocycles. The number of hydrogen-bond acceptors (Lipinski definition) is 5. The Morgan fingerprint density at radius 2 is 1.90 bits per heavy atom. The standard InChI is InChI=1S/C20H14ClF3N6O/c1-11-16-17(21)15(19(31)28-13-4-2-12(3-5-13)20(22,23)24)8-26-18(16)30(29-11)9-14-6-7-25-10-27-14/h2-8,10H,9H2,1H3,(H,28,31). The summed E-state index contributed by atoms with van der Waals surface area (Å²) in [4.78, 5) is 25.0. The van der Waals surface area contributed by atoms with Crippen molar-refractivity contribution < 1.29 is 18.0 Å². The Labute approximate surface area is 178 Å². The molecule has 1 N–H and O–H groups in total. The highest BCUT2D eigenvalue weighted by Crippen LogP contribution is 2.31. The van der Waals surface area contributed by atoms with Crippen LogP contribution in [0, 0.1) is 6.92 Å². The summed E-state index contributed by atoms with van der Waals surface area (Å²) < 4.78 is 39.7. The van der Waals surface area contributed by atoms with Crippen LogP contribution >= 0.6 is 11.6 Å². The molecular weight excluding hydrogens is 433 g/mol. The molecule has 0 bridgehead atoms. The lowest BCUT2D eigenvalue weighted by Crippen LogP contribution is -2.14. The van der Waals surface area contributed by atoms with Crippen molar-refractivity contribution in [1.29, 1.82) is 0 Å². The van der Waals surface area contributed by atoms with Crippen LogP contribution in [0.4, 0.5) is 18.9 Å². The molecule has 3 aromatic heterocycles. The third kappa shape index (κ3) is 4.19. The number of nitrogens with zero attached hydrogens (tertiary/aromatic N) is 5. The van der Waals surface area contributed by atoms with Crippen LogP contribution in [0.5, 0.6) is 0 Å². The van der Waals surface area contributed by atoms with E-state index in [2.05, 4.69) is 25.4 Å². The van der Waals surface area contributed by atoms with Crippen molar-refractivity contribution in [2.75, 3.05) is 5.32 Å². The molecule has 0 saturated heterocycles. The van der Waals surface area contributed by atoms with E-state index in [1.54, 1.807) is 23.9 Å². The molecule has 1 aromatic carbocycles. The largest absolute Gasteiger partial charge is 0.416 e. The summed E-state index contributed by atoms with van der Waals surface area (Å²) in [6.07, 6.45) is -0.102. The number of rotatable bonds is 4. The molecule has 0 atom stereocenters. The molecule has 0 aliphatic carbocycles. The van der Waals surface area contributed by atoms with E-state index in [1.807, 2.05) is 0 Å². The van der Waals surface area contributed by atoms with Gasteiger partial charge in [-0.1, -0.05) is 11.6 Å². The number of aryl methyl sites for hydroxylation is 1. The van der Waals surface area contributed by atoms with Gasteiger partial charge < -0.3 is 5.32 Å². The molecule has 7 nitrogen and oxygen atoms in total. The Balaban J connectivity index is 1.62. The molecule has 158 valence electrons. The van der Waals surface area contributed by atoms with E-state index < -0.39 is 17.6 Å². The van der Waals surface area contributed by atoms with Crippen molar-refractivity contribution in [2.45, 2.75) is 19.6 Å². The summed E-state index contributed by atoms with van der Waals surface area (Å²) in [5, 5.41) is 7.63. The van der Waals surface area contributed by atoms with Gasteiger partial charge in [-0.05, 0) is 37.3 Å². The van der Waals surface area contributed by atoms with Gasteiger partial charge in [-0.3, -0.25) is 4.79 Å². The third-order valence-electron chi connectivity index (χ3n) is 4.54. The van der Waals surface area contributed by atoms with Gasteiger partial charge in [0, 0.05) is 18.1 Å². The minimum absolute atomic E-state index is 0.0822. The quantitative estimate of drug-likeness (QED) is 0.498. The van der Waals surface area contributed by atoms with E-state index in [1.165, 1.54) is 24.7 Å². The Morgan fingerprint density at radius 1 is 1.16 bits per heavy atom. The smallest absolute Gasteiger partial charge is 0.322 e. The first-order valence-electron chi connectivity index (χ1n) is 8.99. The molecule has 0 aliphatic rings. The maximum absolute atomic E-state index is 12.7. The van der Waals surface area contributed by atoms with Gasteiger partial charge in [0.15, 0.2) is 5.65 Å². The van der Waals surface area contributed by atoms with Gasteiger partial charge >= 0.3 is 6.18 Å². The molecule has 0 aliphatic heterocycles. The number of carbonyl (C=O) groups is 1. The van der Waals surface area contributed by atoms with E-state index in [9.17, 15) is 18.0 Å². The van der Waals surface area contributed by atoms with Gasteiger partial charge in [0.25, 0.3) is 5.91 Å². The second kappa shape index (κ2) is 7.95. The first-order chi connectivity index (χ1) is 14.7. The topological polar surface area (TPSA) is 85.6 Å². The number of anilines is 1. The van der Waals surface area contributed by atoms with Crippen molar-refractivity contribution in [3.63, 3.8) is 0 Å². The summed E-state index contributed by atoms with van der Waals surface area (Å²) in [6.45, 7) is 2.08. The van der Waals surface area contributed by atoms with Crippen LogP contribution < -0.4 is 5.32 Å². The van der Waals surface area contributed by atoms with Crippen LogP contribution in [0.3, 0.4) is 0 Å². The molecule has 0 fully saturated rings. The Bertz CT molecular complexity index is 1260. The fraction of sp³-hybridized carbons (Fsp3) is 0.150. The molecule has 4 aromatic rings. The lowest BCUT2D eigenvalue weighted by Gasteiger charge is -2.10. The minimum Gasteiger partial charge on any atom is -0.322 e. The molecule has 4 rings (SSSR count). The Morgan fingerprint density at radius 3 is 2.55 bits per heavy atom. The van der Waals surface area contributed by atoms with Crippen molar-refractivity contribution in [3.8, 4) is 0 Å². The van der Waals surface area contributed by atoms with E-state index >= 15 is 0 Å². The van der Waals surface area contributed by atoms with E-state index in [0.29, 0.717) is 23.3 Å². The average molecular weight is 447 g/mol. The summed E-state index contributed by atoms with van der Waals surface area (Å²) >= 11 is 6.48. The van der Waals surface area contributed by atoms with Crippen LogP contribution in [0.25, 0.3) is 11.0 Å². The van der Waals surface area contributed by atoms with Crippen LogP contribution in [-0.2, 0) is 12.7 Å². The van der Waals surface area contributed by atoms with Crippen LogP contribution in [0.1, 0.15) is 27.3 Å². The fourth-order valence-electron chi connectivity index (χ4n) is 3.05. The highest BCUT2D eigenvalue weighted by Gasteiger charge is 2.30. The number of benzene rings is 1. The number of carbonyl (C=O) groups excluding carboxylic acids is 1. The average Bonchev–Trinajstić information content (AvgIpc) is 3.04. The predicted molar refractivity (Wildman–Crippen MR) is 108 cm³/mol. The van der Waals surface area contributed by atoms with Gasteiger partial charge in [-0.2, -0.15) is 18.3 Å². The van der Waals surface area contributed by atoms with Gasteiger partial charge in [0.1, 0.15) is 6.33 Å². The molecule has 11 heteroatoms. The molecular formula is C20H14ClF3N6O. The first-order valence-corrected chi connectivity index (χ1v) is 9.37. The summed E-state index contributed by atoms with van der Waals surface area (Å²) in [5.74, 6) is -0.595. The Hall–Kier alpha value is -3.53. The molecule has 0 unspecified atom stereocenters. The van der Waals surface area contributed by atoms with Crippen molar-refractivity contribution in [3.05, 3.63) is 76.6 Å². The van der Waals surface area contributed by atoms with E-state index in [4.69, 9.17) is 11.6 Å². The zero-order valence-electron chi connectivity index (χ0n) is 16.0. The zero-order chi connectivity index (χ0) is 22.2. The van der Waals surface area contributed by atoms with Crippen LogP contribution in [-0.4, -0.2) is 30.6 Å². The number of hydrogen-bond donors (Lipinski definition) is 1. The number of aromatic nitrogens is 5. The lowest BCUT2D eigenvalue weighted by atomic mass is 10.1. The number of fused-ring (bicyclic) bond motifs is 1. The predicted octanol–water partition coefficient (Wildman–Crippen LogP) is 4.50. The van der Waals surface area contributed by atoms with Crippen molar-refractivity contribution >= 4 is 34.2 Å². The SMILES string of the molecule is Cc1nn(Cc2ccncn2)c2ncc(C(=O)Nc3ccc(C(F)(F)F)cc3)c(Cl)c12. The zero-order valence-corrected chi connectivity index (χ0v) is 16.7. The monoisotopic (exact) mass is 446 g/mol. The van der Waals surface area contributed by atoms with Gasteiger partial charge in [0.2, 0.25) is 0 Å². The van der Waals surface area contributed by atoms with E-state index in [0.717, 1.165) is 17.8 Å². The molecule has 31 heavy (non-hydrogen) atoms. The molecule has 0 radical (unpaired) electrons. The number of pyridine rings is 1. The number of amides is 1. The summed E-state index contributed by atoms with van der Waals surface area (Å²) in [5.41, 5.74) is 1.25. The van der Waals surface area contributed by atoms with Crippen LogP contribution in [0.2, 0.25) is 5.02 Å². The molecule has 3 heterocycles. The van der Waals surface area contributed by atoms with Gasteiger partial charge in [0.05, 0.1) is 39.5 Å². The highest BCUT2D eigenvalue weighted by molar-refractivity contribution is 6.39. The normalized spacial score (nSPS) is 11.6. The van der Waals surface area contributed by atoms with Gasteiger partial charge in [-0.15, -0.1) is 0 Å². The summed E-state index contributed by atoms with van der Waals surface area (Å²) in [7, 11) is 0. The Kier molecular flexibility index (Phi) is 5.32. The maximum atomic E-state index is 12.7. The van der Waals surface area contributed by atoms with Crippen LogP contribution in [0.15, 0.2) is 49.1 Å². The minimum atomic E-state index is -4.45. The number of nitrogens with one attached hydrogen (secondary N) is 1. The van der Waals surface area contributed by atoms with Crippen molar-refractivity contribution in [2.24, 2.45) is 0 Å². The number of alkyl halides is 3. The molecule has 1 amide bonds. The highest BCUT2D eigenvalue weighted by atomic mass is 35.5. The second-order valence-electron chi connectivity index (χ2n) is 6.66. The first kappa shape index (κ1) is 20.7. The summed E-state index contributed by atoms with van der Waals surface area (Å²) in [6, 6.07) is 5.87. The van der Waals surface area contributed by atoms with Crippen molar-refractivity contribution in [1.82, 2.24) is 24.7 Å². The fourth-order valence-corrected chi connectivity index (χ4v) is 3.40. The number of halogens is 4.